The molecule has 0 bridgehead atoms. The van der Waals surface area contributed by atoms with Gasteiger partial charge in [-0.3, -0.25) is 4.79 Å². The molecule has 1 aromatic carbocycles. The van der Waals surface area contributed by atoms with E-state index in [0.29, 0.717) is 30.5 Å². The molecule has 1 aliphatic heterocycles. The molecular formula is C16H18N2O7S2-2. The average Bonchev–Trinajstić information content (AvgIpc) is 3.14. The van der Waals surface area contributed by atoms with Crippen LogP contribution >= 0.6 is 11.8 Å². The van der Waals surface area contributed by atoms with E-state index in [2.05, 4.69) is 5.32 Å². The smallest absolute Gasteiger partial charge is 0.243 e. The fourth-order valence-corrected chi connectivity index (χ4v) is 4.85. The van der Waals surface area contributed by atoms with Crippen LogP contribution in [0, 0.1) is 0 Å². The third-order valence-electron chi connectivity index (χ3n) is 3.87. The number of hydrogen-bond acceptors (Lipinski definition) is 8. The second kappa shape index (κ2) is 9.20. The van der Waals surface area contributed by atoms with Crippen molar-refractivity contribution in [2.24, 2.45) is 0 Å². The SMILES string of the molecule is O=C([O-])C[C@H](SCC(=O)Nc1ccc(S(=O)(=O)N2CCCC2)cc1)C(=O)[O-]. The van der Waals surface area contributed by atoms with Crippen molar-refractivity contribution in [1.29, 1.82) is 0 Å². The number of aliphatic carboxylic acids is 2. The number of thioether (sulfide) groups is 1. The number of hydrogen-bond donors (Lipinski definition) is 1. The highest BCUT2D eigenvalue weighted by molar-refractivity contribution is 8.01. The summed E-state index contributed by atoms with van der Waals surface area (Å²) in [7, 11) is -3.54. The number of nitrogens with one attached hydrogen (secondary N) is 1. The minimum absolute atomic E-state index is 0.128. The van der Waals surface area contributed by atoms with E-state index in [4.69, 9.17) is 0 Å². The highest BCUT2D eigenvalue weighted by Gasteiger charge is 2.26. The topological polar surface area (TPSA) is 147 Å². The molecule has 9 nitrogen and oxygen atoms in total. The van der Waals surface area contributed by atoms with Gasteiger partial charge in [0.2, 0.25) is 15.9 Å². The van der Waals surface area contributed by atoms with Gasteiger partial charge in [-0.25, -0.2) is 8.42 Å². The Morgan fingerprint density at radius 1 is 1.11 bits per heavy atom. The van der Waals surface area contributed by atoms with E-state index in [1.807, 2.05) is 0 Å². The van der Waals surface area contributed by atoms with Crippen molar-refractivity contribution < 1.29 is 33.0 Å². The van der Waals surface area contributed by atoms with Crippen LogP contribution in [0.3, 0.4) is 0 Å². The molecule has 1 saturated heterocycles. The number of nitrogens with zero attached hydrogens (tertiary/aromatic N) is 1. The van der Waals surface area contributed by atoms with E-state index in [1.165, 1.54) is 28.6 Å². The number of benzene rings is 1. The van der Waals surface area contributed by atoms with Gasteiger partial charge in [-0.2, -0.15) is 4.31 Å². The average molecular weight is 414 g/mol. The first kappa shape index (κ1) is 21.2. The molecule has 0 spiro atoms. The molecule has 1 heterocycles. The van der Waals surface area contributed by atoms with Crippen LogP contribution in [0.25, 0.3) is 0 Å². The standard InChI is InChI=1S/C16H20N2O7S2/c19-14(10-26-13(16(22)23)9-15(20)21)17-11-3-5-12(6-4-11)27(24,25)18-7-1-2-8-18/h3-6,13H,1-2,7-10H2,(H,17,19)(H,20,21)(H,22,23)/p-2/t13-/m0/s1. The predicted octanol–water partition coefficient (Wildman–Crippen LogP) is -1.60. The summed E-state index contributed by atoms with van der Waals surface area (Å²) in [4.78, 5) is 33.3. The first-order chi connectivity index (χ1) is 12.7. The highest BCUT2D eigenvalue weighted by atomic mass is 32.2. The molecule has 2 rings (SSSR count). The lowest BCUT2D eigenvalue weighted by molar-refractivity contribution is -0.314. The monoisotopic (exact) mass is 414 g/mol. The third-order valence-corrected chi connectivity index (χ3v) is 6.97. The zero-order valence-electron chi connectivity index (χ0n) is 14.3. The Hall–Kier alpha value is -2.11. The van der Waals surface area contributed by atoms with Crippen LogP contribution in [-0.4, -0.2) is 54.7 Å². The van der Waals surface area contributed by atoms with Gasteiger partial charge >= 0.3 is 0 Å². The number of carbonyl (C=O) groups is 3. The number of carbonyl (C=O) groups excluding carboxylic acids is 3. The molecule has 0 aromatic heterocycles. The summed E-state index contributed by atoms with van der Waals surface area (Å²) < 4.78 is 26.2. The summed E-state index contributed by atoms with van der Waals surface area (Å²) in [6, 6.07) is 5.64. The normalized spacial score (nSPS) is 16.0. The number of rotatable bonds is 9. The molecule has 0 unspecified atom stereocenters. The van der Waals surface area contributed by atoms with Crippen molar-refractivity contribution in [3.05, 3.63) is 24.3 Å². The third kappa shape index (κ3) is 5.94. The molecule has 0 saturated carbocycles. The van der Waals surface area contributed by atoms with Crippen LogP contribution < -0.4 is 15.5 Å². The maximum Gasteiger partial charge on any atom is 0.243 e. The summed E-state index contributed by atoms with van der Waals surface area (Å²) in [6.07, 6.45) is 0.898. The van der Waals surface area contributed by atoms with Crippen molar-refractivity contribution in [3.8, 4) is 0 Å². The van der Waals surface area contributed by atoms with E-state index in [-0.39, 0.29) is 10.6 Å². The second-order valence-corrected chi connectivity index (χ2v) is 9.01. The summed E-state index contributed by atoms with van der Waals surface area (Å²) in [5, 5.41) is 22.4. The van der Waals surface area contributed by atoms with Crippen molar-refractivity contribution in [2.45, 2.75) is 29.4 Å². The first-order valence-corrected chi connectivity index (χ1v) is 10.6. The van der Waals surface area contributed by atoms with Crippen molar-refractivity contribution in [1.82, 2.24) is 4.31 Å². The number of anilines is 1. The van der Waals surface area contributed by atoms with Crippen LogP contribution in [0.5, 0.6) is 0 Å². The van der Waals surface area contributed by atoms with E-state index >= 15 is 0 Å². The Labute approximate surface area is 160 Å². The van der Waals surface area contributed by atoms with E-state index in [0.717, 1.165) is 12.8 Å². The minimum atomic E-state index is -3.54. The zero-order chi connectivity index (χ0) is 20.0. The predicted molar refractivity (Wildman–Crippen MR) is 93.9 cm³/mol. The molecule has 148 valence electrons. The molecule has 0 radical (unpaired) electrons. The quantitative estimate of drug-likeness (QED) is 0.508. The van der Waals surface area contributed by atoms with Crippen LogP contribution in [0.1, 0.15) is 19.3 Å². The maximum absolute atomic E-state index is 12.4. The van der Waals surface area contributed by atoms with Crippen LogP contribution in [0.4, 0.5) is 5.69 Å². The minimum Gasteiger partial charge on any atom is -0.550 e. The van der Waals surface area contributed by atoms with Crippen LogP contribution in [0.2, 0.25) is 0 Å². The molecule has 27 heavy (non-hydrogen) atoms. The van der Waals surface area contributed by atoms with Crippen LogP contribution in [0.15, 0.2) is 29.2 Å². The summed E-state index contributed by atoms with van der Waals surface area (Å²) in [5.41, 5.74) is 0.339. The molecule has 1 N–H and O–H groups in total. The van der Waals surface area contributed by atoms with Crippen molar-refractivity contribution in [3.63, 3.8) is 0 Å². The lowest BCUT2D eigenvalue weighted by Gasteiger charge is -2.18. The Bertz CT molecular complexity index is 803. The molecule has 0 aliphatic carbocycles. The zero-order valence-corrected chi connectivity index (χ0v) is 15.9. The summed E-state index contributed by atoms with van der Waals surface area (Å²) >= 11 is 0.612. The van der Waals surface area contributed by atoms with E-state index in [9.17, 15) is 33.0 Å². The molecule has 1 amide bonds. The summed E-state index contributed by atoms with van der Waals surface area (Å²) in [5.74, 6) is -4.00. The lowest BCUT2D eigenvalue weighted by Crippen LogP contribution is -2.39. The van der Waals surface area contributed by atoms with E-state index in [1.54, 1.807) is 0 Å². The molecule has 1 aliphatic rings. The lowest BCUT2D eigenvalue weighted by atomic mass is 10.3. The molecule has 1 aromatic rings. The Balaban J connectivity index is 1.92. The molecule has 11 heteroatoms. The number of amides is 1. The first-order valence-electron chi connectivity index (χ1n) is 8.12. The van der Waals surface area contributed by atoms with Gasteiger partial charge in [0, 0.05) is 31.2 Å². The van der Waals surface area contributed by atoms with E-state index < -0.39 is 39.5 Å². The van der Waals surface area contributed by atoms with Gasteiger partial charge in [0.15, 0.2) is 0 Å². The van der Waals surface area contributed by atoms with Gasteiger partial charge in [0.05, 0.1) is 21.9 Å². The second-order valence-electron chi connectivity index (χ2n) is 5.88. The fourth-order valence-electron chi connectivity index (χ4n) is 2.52. The number of carboxylic acids is 2. The van der Waals surface area contributed by atoms with Gasteiger partial charge in [-0.15, -0.1) is 11.8 Å². The molecule has 1 atom stereocenters. The van der Waals surface area contributed by atoms with Gasteiger partial charge < -0.3 is 25.1 Å². The van der Waals surface area contributed by atoms with Crippen molar-refractivity contribution in [2.75, 3.05) is 24.2 Å². The maximum atomic E-state index is 12.4. The van der Waals surface area contributed by atoms with Crippen molar-refractivity contribution >= 4 is 45.3 Å². The Morgan fingerprint density at radius 3 is 2.22 bits per heavy atom. The largest absolute Gasteiger partial charge is 0.550 e. The number of sulfonamides is 1. The molecule has 1 fully saturated rings. The molecular weight excluding hydrogens is 396 g/mol. The van der Waals surface area contributed by atoms with Crippen LogP contribution in [-0.2, 0) is 24.4 Å². The Kier molecular flexibility index (Phi) is 7.22. The highest BCUT2D eigenvalue weighted by Crippen LogP contribution is 2.22. The number of carboxylic acid groups (broad SMARTS) is 2. The fraction of sp³-hybridized carbons (Fsp3) is 0.438. The Morgan fingerprint density at radius 2 is 1.70 bits per heavy atom. The summed E-state index contributed by atoms with van der Waals surface area (Å²) in [6.45, 7) is 0.979. The van der Waals surface area contributed by atoms with Gasteiger partial charge in [0.1, 0.15) is 0 Å². The van der Waals surface area contributed by atoms with Gasteiger partial charge in [-0.1, -0.05) is 0 Å². The van der Waals surface area contributed by atoms with Gasteiger partial charge in [-0.05, 0) is 37.1 Å². The van der Waals surface area contributed by atoms with Gasteiger partial charge in [0.25, 0.3) is 0 Å².